The molecule has 1 aliphatic heterocycles. The van der Waals surface area contributed by atoms with Gasteiger partial charge in [0.1, 0.15) is 5.65 Å². The summed E-state index contributed by atoms with van der Waals surface area (Å²) in [6.07, 6.45) is 2.52. The largest absolute Gasteiger partial charge is 0.298 e. The van der Waals surface area contributed by atoms with Gasteiger partial charge in [-0.3, -0.25) is 14.3 Å². The first-order chi connectivity index (χ1) is 14.2. The zero-order valence-electron chi connectivity index (χ0n) is 15.9. The summed E-state index contributed by atoms with van der Waals surface area (Å²) in [4.78, 5) is 20.2. The molecule has 0 aliphatic carbocycles. The summed E-state index contributed by atoms with van der Waals surface area (Å²) in [7, 11) is 0. The molecular formula is C24H20ClN3O. The van der Waals surface area contributed by atoms with E-state index < -0.39 is 0 Å². The van der Waals surface area contributed by atoms with Crippen LogP contribution in [0.4, 0.5) is 0 Å². The number of hydrogen-bond acceptors (Lipinski definition) is 3. The lowest BCUT2D eigenvalue weighted by Gasteiger charge is -2.31. The van der Waals surface area contributed by atoms with Crippen LogP contribution in [0.3, 0.4) is 0 Å². The van der Waals surface area contributed by atoms with Crippen LogP contribution < -0.4 is 5.43 Å². The van der Waals surface area contributed by atoms with Gasteiger partial charge in [0.15, 0.2) is 5.43 Å². The van der Waals surface area contributed by atoms with Crippen LogP contribution in [0.2, 0.25) is 5.02 Å². The normalized spacial score (nSPS) is 14.1. The molecule has 3 heterocycles. The molecule has 0 saturated carbocycles. The predicted molar refractivity (Wildman–Crippen MR) is 117 cm³/mol. The molecule has 0 spiro atoms. The third-order valence-electron chi connectivity index (χ3n) is 5.50. The van der Waals surface area contributed by atoms with Gasteiger partial charge in [-0.1, -0.05) is 48.0 Å². The maximum absolute atomic E-state index is 13.3. The fourth-order valence-corrected chi connectivity index (χ4v) is 4.36. The molecule has 0 unspecified atom stereocenters. The Labute approximate surface area is 174 Å². The third-order valence-corrected chi connectivity index (χ3v) is 5.73. The summed E-state index contributed by atoms with van der Waals surface area (Å²) in [5.41, 5.74) is 4.86. The van der Waals surface area contributed by atoms with Crippen molar-refractivity contribution in [3.05, 3.63) is 105 Å². The van der Waals surface area contributed by atoms with Gasteiger partial charge in [-0.15, -0.1) is 0 Å². The maximum Gasteiger partial charge on any atom is 0.195 e. The second kappa shape index (κ2) is 7.47. The fraction of sp³-hybridized carbons (Fsp3) is 0.167. The van der Waals surface area contributed by atoms with E-state index in [2.05, 4.69) is 38.7 Å². The SMILES string of the molecule is O=c1c2c(n(-c3cccc(Cl)c3)c3ncccc13)CCN(Cc1ccccc1)C2. The van der Waals surface area contributed by atoms with Gasteiger partial charge in [0.2, 0.25) is 0 Å². The first-order valence-corrected chi connectivity index (χ1v) is 10.1. The van der Waals surface area contributed by atoms with Crippen LogP contribution in [0.1, 0.15) is 16.8 Å². The van der Waals surface area contributed by atoms with Crippen LogP contribution in [0, 0.1) is 0 Å². The van der Waals surface area contributed by atoms with Crippen LogP contribution in [0.15, 0.2) is 77.7 Å². The van der Waals surface area contributed by atoms with E-state index in [1.54, 1.807) is 6.20 Å². The minimum Gasteiger partial charge on any atom is -0.298 e. The molecule has 0 fully saturated rings. The summed E-state index contributed by atoms with van der Waals surface area (Å²) < 4.78 is 2.11. The molecule has 4 nitrogen and oxygen atoms in total. The van der Waals surface area contributed by atoms with Crippen LogP contribution in [0.25, 0.3) is 16.7 Å². The van der Waals surface area contributed by atoms with Crippen molar-refractivity contribution >= 4 is 22.6 Å². The Hall–Kier alpha value is -2.95. The lowest BCUT2D eigenvalue weighted by Crippen LogP contribution is -2.36. The van der Waals surface area contributed by atoms with E-state index in [9.17, 15) is 4.79 Å². The molecule has 0 N–H and O–H groups in total. The lowest BCUT2D eigenvalue weighted by molar-refractivity contribution is 0.241. The highest BCUT2D eigenvalue weighted by atomic mass is 35.5. The lowest BCUT2D eigenvalue weighted by atomic mass is 10.0. The Balaban J connectivity index is 1.66. The van der Waals surface area contributed by atoms with Crippen molar-refractivity contribution in [1.82, 2.24) is 14.5 Å². The number of hydrogen-bond donors (Lipinski definition) is 0. The van der Waals surface area contributed by atoms with E-state index in [0.717, 1.165) is 36.5 Å². The molecule has 0 atom stereocenters. The van der Waals surface area contributed by atoms with Gasteiger partial charge in [-0.05, 0) is 35.9 Å². The Morgan fingerprint density at radius 3 is 2.69 bits per heavy atom. The first-order valence-electron chi connectivity index (χ1n) is 9.74. The van der Waals surface area contributed by atoms with Crippen LogP contribution in [-0.4, -0.2) is 21.0 Å². The number of pyridine rings is 2. The van der Waals surface area contributed by atoms with Gasteiger partial charge in [0, 0.05) is 54.2 Å². The third kappa shape index (κ3) is 3.35. The molecule has 5 heteroatoms. The van der Waals surface area contributed by atoms with Gasteiger partial charge in [-0.2, -0.15) is 0 Å². The standard InChI is InChI=1S/C24H20ClN3O/c25-18-8-4-9-19(14-18)28-22-11-13-27(15-17-6-2-1-3-7-17)16-21(22)23(29)20-10-5-12-26-24(20)28/h1-10,12,14H,11,13,15-16H2. The second-order valence-electron chi connectivity index (χ2n) is 7.39. The Morgan fingerprint density at radius 1 is 1.00 bits per heavy atom. The molecule has 2 aromatic carbocycles. The highest BCUT2D eigenvalue weighted by molar-refractivity contribution is 6.30. The van der Waals surface area contributed by atoms with Crippen molar-refractivity contribution in [2.24, 2.45) is 0 Å². The van der Waals surface area contributed by atoms with Crippen molar-refractivity contribution < 1.29 is 0 Å². The van der Waals surface area contributed by atoms with E-state index in [1.165, 1.54) is 5.56 Å². The smallest absolute Gasteiger partial charge is 0.195 e. The number of nitrogens with zero attached hydrogens (tertiary/aromatic N) is 3. The highest BCUT2D eigenvalue weighted by Crippen LogP contribution is 2.26. The molecule has 0 saturated heterocycles. The van der Waals surface area contributed by atoms with Crippen molar-refractivity contribution in [2.45, 2.75) is 19.5 Å². The fourth-order valence-electron chi connectivity index (χ4n) is 4.17. The zero-order chi connectivity index (χ0) is 19.8. The summed E-state index contributed by atoms with van der Waals surface area (Å²) in [5.74, 6) is 0. The van der Waals surface area contributed by atoms with E-state index in [4.69, 9.17) is 11.6 Å². The highest BCUT2D eigenvalue weighted by Gasteiger charge is 2.25. The number of rotatable bonds is 3. The molecular weight excluding hydrogens is 382 g/mol. The quantitative estimate of drug-likeness (QED) is 0.503. The molecule has 0 radical (unpaired) electrons. The molecule has 0 amide bonds. The Morgan fingerprint density at radius 2 is 1.86 bits per heavy atom. The summed E-state index contributed by atoms with van der Waals surface area (Å²) in [6, 6.07) is 21.8. The molecule has 2 aromatic heterocycles. The maximum atomic E-state index is 13.3. The van der Waals surface area contributed by atoms with Gasteiger partial charge >= 0.3 is 0 Å². The van der Waals surface area contributed by atoms with Gasteiger partial charge < -0.3 is 0 Å². The predicted octanol–water partition coefficient (Wildman–Crippen LogP) is 4.60. The number of fused-ring (bicyclic) bond motifs is 2. The second-order valence-corrected chi connectivity index (χ2v) is 7.83. The van der Waals surface area contributed by atoms with E-state index in [1.807, 2.05) is 42.5 Å². The average Bonchev–Trinajstić information content (AvgIpc) is 2.75. The van der Waals surface area contributed by atoms with Crippen LogP contribution in [-0.2, 0) is 19.5 Å². The van der Waals surface area contributed by atoms with Crippen LogP contribution in [0.5, 0.6) is 0 Å². The molecule has 0 bridgehead atoms. The van der Waals surface area contributed by atoms with Crippen molar-refractivity contribution in [3.63, 3.8) is 0 Å². The minimum atomic E-state index is 0.0825. The van der Waals surface area contributed by atoms with Crippen LogP contribution >= 0.6 is 11.6 Å². The monoisotopic (exact) mass is 401 g/mol. The summed E-state index contributed by atoms with van der Waals surface area (Å²) in [6.45, 7) is 2.36. The van der Waals surface area contributed by atoms with E-state index in [-0.39, 0.29) is 5.43 Å². The van der Waals surface area contributed by atoms with Crippen molar-refractivity contribution in [1.29, 1.82) is 0 Å². The Kier molecular flexibility index (Phi) is 4.66. The topological polar surface area (TPSA) is 38.1 Å². The van der Waals surface area contributed by atoms with E-state index >= 15 is 0 Å². The molecule has 29 heavy (non-hydrogen) atoms. The summed E-state index contributed by atoms with van der Waals surface area (Å²) >= 11 is 6.27. The van der Waals surface area contributed by atoms with Crippen molar-refractivity contribution in [3.8, 4) is 5.69 Å². The number of halogens is 1. The molecule has 1 aliphatic rings. The number of benzene rings is 2. The number of aromatic nitrogens is 2. The molecule has 144 valence electrons. The summed E-state index contributed by atoms with van der Waals surface area (Å²) in [5, 5.41) is 1.31. The average molecular weight is 402 g/mol. The molecule has 5 rings (SSSR count). The molecule has 4 aromatic rings. The Bertz CT molecular complexity index is 1250. The van der Waals surface area contributed by atoms with Gasteiger partial charge in [-0.25, -0.2) is 4.98 Å². The van der Waals surface area contributed by atoms with Gasteiger partial charge in [0.25, 0.3) is 0 Å². The van der Waals surface area contributed by atoms with Gasteiger partial charge in [0.05, 0.1) is 5.39 Å². The van der Waals surface area contributed by atoms with E-state index in [0.29, 0.717) is 22.6 Å². The first kappa shape index (κ1) is 18.1. The zero-order valence-corrected chi connectivity index (χ0v) is 16.6. The van der Waals surface area contributed by atoms with Crippen molar-refractivity contribution in [2.75, 3.05) is 6.54 Å². The minimum absolute atomic E-state index is 0.0825.